The fourth-order valence-electron chi connectivity index (χ4n) is 4.48. The highest BCUT2D eigenvalue weighted by Crippen LogP contribution is 2.53. The molecule has 2 aliphatic rings. The van der Waals surface area contributed by atoms with Crippen LogP contribution in [0.3, 0.4) is 0 Å². The largest absolute Gasteiger partial charge is 0.392 e. The minimum Gasteiger partial charge on any atom is -0.392 e. The molecule has 0 aromatic carbocycles. The van der Waals surface area contributed by atoms with Crippen molar-refractivity contribution >= 4 is 0 Å². The van der Waals surface area contributed by atoms with Crippen LogP contribution in [0.2, 0.25) is 0 Å². The van der Waals surface area contributed by atoms with E-state index < -0.39 is 11.9 Å². The van der Waals surface area contributed by atoms with E-state index in [0.717, 1.165) is 30.4 Å². The minimum absolute atomic E-state index is 0.0199. The molecule has 4 nitrogen and oxygen atoms in total. The van der Waals surface area contributed by atoms with Crippen molar-refractivity contribution in [3.05, 3.63) is 23.3 Å². The van der Waals surface area contributed by atoms with E-state index in [2.05, 4.69) is 32.9 Å². The third kappa shape index (κ3) is 8.64. The van der Waals surface area contributed by atoms with Gasteiger partial charge in [0.1, 0.15) is 0 Å². The molecule has 4 heteroatoms. The average Bonchev–Trinajstić information content (AvgIpc) is 3.40. The fraction of sp³-hybridized carbons (Fsp3) is 0.852. The van der Waals surface area contributed by atoms with Gasteiger partial charge >= 0.3 is 0 Å². The second-order valence-corrected chi connectivity index (χ2v) is 10.3. The van der Waals surface area contributed by atoms with Crippen molar-refractivity contribution in [2.45, 2.75) is 123 Å². The smallest absolute Gasteiger partial charge is 0.220 e. The molecule has 180 valence electrons. The van der Waals surface area contributed by atoms with Gasteiger partial charge in [0.15, 0.2) is 0 Å². The number of hydrogen-bond donors (Lipinski definition) is 2. The summed E-state index contributed by atoms with van der Waals surface area (Å²) >= 11 is 0. The lowest BCUT2D eigenvalue weighted by atomic mass is 9.95. The lowest BCUT2D eigenvalue weighted by molar-refractivity contribution is -0.238. The Morgan fingerprint density at radius 3 is 1.90 bits per heavy atom. The van der Waals surface area contributed by atoms with E-state index in [9.17, 15) is 10.2 Å². The molecule has 1 aliphatic carbocycles. The number of rotatable bonds is 17. The summed E-state index contributed by atoms with van der Waals surface area (Å²) in [5.41, 5.74) is 1.50. The Hall–Kier alpha value is -0.680. The van der Waals surface area contributed by atoms with Gasteiger partial charge in [-0.05, 0) is 32.1 Å². The molecule has 1 atom stereocenters. The van der Waals surface area contributed by atoms with E-state index in [0.29, 0.717) is 13.2 Å². The van der Waals surface area contributed by atoms with Crippen molar-refractivity contribution in [2.75, 3.05) is 19.8 Å². The number of unbranched alkanes of at least 4 members (excludes halogenated alkanes) is 11. The van der Waals surface area contributed by atoms with Crippen LogP contribution in [0, 0.1) is 5.41 Å². The van der Waals surface area contributed by atoms with Crippen LogP contribution in [0.5, 0.6) is 0 Å². The molecule has 2 rings (SSSR count). The second-order valence-electron chi connectivity index (χ2n) is 10.3. The molecule has 2 N–H and O–H groups in total. The summed E-state index contributed by atoms with van der Waals surface area (Å²) in [6, 6.07) is 0. The SMILES string of the molecule is CCCCCCCC/C=C\CCCCCCCC(O)C1=C(CO)C12OCC(C)(C)CO2. The molecular formula is C27H48O4. The van der Waals surface area contributed by atoms with Gasteiger partial charge in [-0.15, -0.1) is 0 Å². The Bertz CT molecular complexity index is 554. The van der Waals surface area contributed by atoms with E-state index in [-0.39, 0.29) is 12.0 Å². The third-order valence-corrected chi connectivity index (χ3v) is 6.58. The van der Waals surface area contributed by atoms with Crippen LogP contribution >= 0.6 is 0 Å². The van der Waals surface area contributed by atoms with Crippen molar-refractivity contribution in [1.29, 1.82) is 0 Å². The zero-order chi connectivity index (χ0) is 22.6. The highest BCUT2D eigenvalue weighted by Gasteiger charge is 2.61. The maximum absolute atomic E-state index is 10.6. The second kappa shape index (κ2) is 13.8. The van der Waals surface area contributed by atoms with Gasteiger partial charge < -0.3 is 19.7 Å². The molecule has 0 saturated carbocycles. The van der Waals surface area contributed by atoms with Gasteiger partial charge in [0.05, 0.1) is 25.9 Å². The molecule has 1 aliphatic heterocycles. The number of aliphatic hydroxyl groups is 2. The van der Waals surface area contributed by atoms with Gasteiger partial charge in [0.25, 0.3) is 0 Å². The average molecular weight is 437 g/mol. The maximum atomic E-state index is 10.6. The van der Waals surface area contributed by atoms with E-state index in [1.165, 1.54) is 70.6 Å². The molecule has 1 spiro atoms. The number of hydrogen-bond acceptors (Lipinski definition) is 4. The maximum Gasteiger partial charge on any atom is 0.220 e. The first-order valence-electron chi connectivity index (χ1n) is 12.9. The van der Waals surface area contributed by atoms with Crippen LogP contribution in [0.25, 0.3) is 0 Å². The first kappa shape index (κ1) is 26.6. The Labute approximate surface area is 191 Å². The Morgan fingerprint density at radius 1 is 0.839 bits per heavy atom. The Morgan fingerprint density at radius 2 is 1.35 bits per heavy atom. The lowest BCUT2D eigenvalue weighted by Gasteiger charge is -2.37. The molecule has 1 fully saturated rings. The molecule has 0 radical (unpaired) electrons. The van der Waals surface area contributed by atoms with E-state index in [1.54, 1.807) is 0 Å². The number of ether oxygens (including phenoxy) is 2. The fourth-order valence-corrected chi connectivity index (χ4v) is 4.48. The first-order valence-corrected chi connectivity index (χ1v) is 12.9. The number of allylic oxidation sites excluding steroid dienone is 2. The van der Waals surface area contributed by atoms with Gasteiger partial charge in [0, 0.05) is 16.6 Å². The highest BCUT2D eigenvalue weighted by molar-refractivity contribution is 5.53. The normalized spacial score (nSPS) is 20.7. The van der Waals surface area contributed by atoms with Gasteiger partial charge in [-0.1, -0.05) is 90.7 Å². The molecule has 1 saturated heterocycles. The monoisotopic (exact) mass is 436 g/mol. The number of aliphatic hydroxyl groups excluding tert-OH is 2. The van der Waals surface area contributed by atoms with E-state index >= 15 is 0 Å². The van der Waals surface area contributed by atoms with Crippen LogP contribution in [0.1, 0.15) is 111 Å². The van der Waals surface area contributed by atoms with Gasteiger partial charge in [-0.2, -0.15) is 0 Å². The molecule has 1 heterocycles. The van der Waals surface area contributed by atoms with Gasteiger partial charge in [0.2, 0.25) is 5.79 Å². The quantitative estimate of drug-likeness (QED) is 0.203. The van der Waals surface area contributed by atoms with Crippen molar-refractivity contribution in [3.63, 3.8) is 0 Å². The molecule has 0 aromatic heterocycles. The Kier molecular flexibility index (Phi) is 11.8. The zero-order valence-corrected chi connectivity index (χ0v) is 20.5. The third-order valence-electron chi connectivity index (χ3n) is 6.58. The van der Waals surface area contributed by atoms with Crippen LogP contribution in [0.15, 0.2) is 23.3 Å². The topological polar surface area (TPSA) is 58.9 Å². The van der Waals surface area contributed by atoms with Crippen LogP contribution in [-0.4, -0.2) is 41.9 Å². The molecule has 1 unspecified atom stereocenters. The zero-order valence-electron chi connectivity index (χ0n) is 20.5. The van der Waals surface area contributed by atoms with Crippen molar-refractivity contribution in [2.24, 2.45) is 5.41 Å². The predicted octanol–water partition coefficient (Wildman–Crippen LogP) is 6.46. The first-order chi connectivity index (χ1) is 15.0. The van der Waals surface area contributed by atoms with Crippen LogP contribution in [-0.2, 0) is 9.47 Å². The molecule has 31 heavy (non-hydrogen) atoms. The Balaban J connectivity index is 1.46. The molecular weight excluding hydrogens is 388 g/mol. The van der Waals surface area contributed by atoms with Crippen molar-refractivity contribution in [1.82, 2.24) is 0 Å². The summed E-state index contributed by atoms with van der Waals surface area (Å²) in [6.07, 6.45) is 21.4. The van der Waals surface area contributed by atoms with Gasteiger partial charge in [-0.3, -0.25) is 0 Å². The highest BCUT2D eigenvalue weighted by atomic mass is 16.7. The van der Waals surface area contributed by atoms with Crippen molar-refractivity contribution < 1.29 is 19.7 Å². The molecule has 0 amide bonds. The van der Waals surface area contributed by atoms with E-state index in [1.807, 2.05) is 0 Å². The summed E-state index contributed by atoms with van der Waals surface area (Å²) in [5.74, 6) is -0.897. The van der Waals surface area contributed by atoms with E-state index in [4.69, 9.17) is 9.47 Å². The van der Waals surface area contributed by atoms with Crippen LogP contribution < -0.4 is 0 Å². The van der Waals surface area contributed by atoms with Crippen molar-refractivity contribution in [3.8, 4) is 0 Å². The molecule has 0 aromatic rings. The summed E-state index contributed by atoms with van der Waals surface area (Å²) in [5, 5.41) is 20.2. The van der Waals surface area contributed by atoms with Gasteiger partial charge in [-0.25, -0.2) is 0 Å². The summed E-state index contributed by atoms with van der Waals surface area (Å²) < 4.78 is 11.9. The van der Waals surface area contributed by atoms with Crippen LogP contribution in [0.4, 0.5) is 0 Å². The minimum atomic E-state index is -0.897. The summed E-state index contributed by atoms with van der Waals surface area (Å²) in [4.78, 5) is 0. The summed E-state index contributed by atoms with van der Waals surface area (Å²) in [7, 11) is 0. The molecule has 0 bridgehead atoms. The summed E-state index contributed by atoms with van der Waals surface area (Å²) in [6.45, 7) is 7.53. The predicted molar refractivity (Wildman–Crippen MR) is 128 cm³/mol. The standard InChI is InChI=1S/C27H48O4/c1-4-5-6-7-8-9-10-11-12-13-14-15-16-17-18-19-24(29)25-23(20-28)27(25)30-21-26(2,3)22-31-27/h11-12,24,28-29H,4-10,13-22H2,1-3H3/b12-11-. The lowest BCUT2D eigenvalue weighted by Crippen LogP contribution is -2.43.